The standard InChI is InChI=1S/C19H32N4O2/c1-4-5-9-19(10-6-7-11-19)18(25)22(3)14-13-20-17(24)15-23-16(2)8-12-21-23/h8,12H,4-7,9-11,13-15H2,1-3H3,(H,20,24). The first kappa shape index (κ1) is 19.5. The van der Waals surface area contributed by atoms with E-state index in [0.29, 0.717) is 13.1 Å². The minimum Gasteiger partial charge on any atom is -0.353 e. The summed E-state index contributed by atoms with van der Waals surface area (Å²) in [5, 5.41) is 6.99. The average molecular weight is 348 g/mol. The number of aryl methyl sites for hydroxylation is 1. The van der Waals surface area contributed by atoms with Crippen LogP contribution in [0.15, 0.2) is 12.3 Å². The number of rotatable bonds is 9. The average Bonchev–Trinajstić information content (AvgIpc) is 3.22. The van der Waals surface area contributed by atoms with Crippen molar-refractivity contribution in [2.24, 2.45) is 5.41 Å². The second kappa shape index (κ2) is 9.02. The number of likely N-dealkylation sites (N-methyl/N-ethyl adjacent to an activating group) is 1. The molecule has 2 rings (SSSR count). The highest BCUT2D eigenvalue weighted by molar-refractivity contribution is 5.83. The zero-order valence-electron chi connectivity index (χ0n) is 15.9. The van der Waals surface area contributed by atoms with E-state index in [1.165, 1.54) is 0 Å². The number of nitrogens with one attached hydrogen (secondary N) is 1. The van der Waals surface area contributed by atoms with Gasteiger partial charge >= 0.3 is 0 Å². The van der Waals surface area contributed by atoms with Crippen LogP contribution in [0.3, 0.4) is 0 Å². The lowest BCUT2D eigenvalue weighted by atomic mass is 9.79. The molecule has 0 bridgehead atoms. The van der Waals surface area contributed by atoms with Crippen LogP contribution in [0.1, 0.15) is 57.6 Å². The van der Waals surface area contributed by atoms with Crippen molar-refractivity contribution in [2.75, 3.05) is 20.1 Å². The Kier molecular flexibility index (Phi) is 7.02. The van der Waals surface area contributed by atoms with Gasteiger partial charge in [-0.05, 0) is 32.3 Å². The molecule has 1 aromatic rings. The maximum atomic E-state index is 12.9. The van der Waals surface area contributed by atoms with Crippen LogP contribution in [-0.4, -0.2) is 46.6 Å². The van der Waals surface area contributed by atoms with Crippen LogP contribution < -0.4 is 5.32 Å². The first-order valence-corrected chi connectivity index (χ1v) is 9.49. The Labute approximate surface area is 151 Å². The second-order valence-corrected chi connectivity index (χ2v) is 7.30. The molecule has 1 aliphatic carbocycles. The molecule has 1 fully saturated rings. The predicted octanol–water partition coefficient (Wildman–Crippen LogP) is 2.52. The van der Waals surface area contributed by atoms with Crippen molar-refractivity contribution < 1.29 is 9.59 Å². The summed E-state index contributed by atoms with van der Waals surface area (Å²) in [5.74, 6) is 0.185. The molecule has 1 aliphatic rings. The number of hydrogen-bond acceptors (Lipinski definition) is 3. The van der Waals surface area contributed by atoms with Gasteiger partial charge in [-0.15, -0.1) is 0 Å². The van der Waals surface area contributed by atoms with Gasteiger partial charge in [0.15, 0.2) is 0 Å². The van der Waals surface area contributed by atoms with Crippen molar-refractivity contribution in [3.63, 3.8) is 0 Å². The molecule has 0 atom stereocenters. The van der Waals surface area contributed by atoms with Gasteiger partial charge in [0.2, 0.25) is 11.8 Å². The fourth-order valence-corrected chi connectivity index (χ4v) is 3.76. The van der Waals surface area contributed by atoms with Gasteiger partial charge in [0.1, 0.15) is 6.54 Å². The number of aromatic nitrogens is 2. The van der Waals surface area contributed by atoms with Crippen molar-refractivity contribution in [3.8, 4) is 0 Å². The third-order valence-corrected chi connectivity index (χ3v) is 5.36. The van der Waals surface area contributed by atoms with Gasteiger partial charge in [-0.1, -0.05) is 32.6 Å². The van der Waals surface area contributed by atoms with Crippen LogP contribution in [0, 0.1) is 12.3 Å². The van der Waals surface area contributed by atoms with Gasteiger partial charge in [0, 0.05) is 37.4 Å². The molecule has 140 valence electrons. The van der Waals surface area contributed by atoms with Crippen LogP contribution in [0.5, 0.6) is 0 Å². The molecule has 0 spiro atoms. The fraction of sp³-hybridized carbons (Fsp3) is 0.737. The van der Waals surface area contributed by atoms with Crippen molar-refractivity contribution >= 4 is 11.8 Å². The first-order valence-electron chi connectivity index (χ1n) is 9.49. The Morgan fingerprint density at radius 2 is 2.08 bits per heavy atom. The van der Waals surface area contributed by atoms with Crippen LogP contribution in [0.4, 0.5) is 0 Å². The molecule has 1 saturated carbocycles. The van der Waals surface area contributed by atoms with E-state index < -0.39 is 0 Å². The lowest BCUT2D eigenvalue weighted by molar-refractivity contribution is -0.141. The van der Waals surface area contributed by atoms with Gasteiger partial charge in [0.25, 0.3) is 0 Å². The topological polar surface area (TPSA) is 67.2 Å². The summed E-state index contributed by atoms with van der Waals surface area (Å²) < 4.78 is 1.67. The van der Waals surface area contributed by atoms with E-state index in [2.05, 4.69) is 17.3 Å². The Morgan fingerprint density at radius 3 is 2.68 bits per heavy atom. The van der Waals surface area contributed by atoms with Gasteiger partial charge in [-0.25, -0.2) is 0 Å². The second-order valence-electron chi connectivity index (χ2n) is 7.30. The van der Waals surface area contributed by atoms with Crippen molar-refractivity contribution in [1.29, 1.82) is 0 Å². The van der Waals surface area contributed by atoms with E-state index in [-0.39, 0.29) is 23.8 Å². The maximum Gasteiger partial charge on any atom is 0.241 e. The molecule has 25 heavy (non-hydrogen) atoms. The third kappa shape index (κ3) is 5.06. The van der Waals surface area contributed by atoms with Gasteiger partial charge < -0.3 is 10.2 Å². The first-order chi connectivity index (χ1) is 12.0. The summed E-state index contributed by atoms with van der Waals surface area (Å²) in [6, 6.07) is 1.87. The van der Waals surface area contributed by atoms with E-state index in [0.717, 1.165) is 50.6 Å². The molecule has 1 aromatic heterocycles. The number of hydrogen-bond donors (Lipinski definition) is 1. The molecule has 0 aromatic carbocycles. The van der Waals surface area contributed by atoms with Crippen LogP contribution in [0.25, 0.3) is 0 Å². The minimum absolute atomic E-state index is 0.0748. The Morgan fingerprint density at radius 1 is 1.36 bits per heavy atom. The fourth-order valence-electron chi connectivity index (χ4n) is 3.76. The lowest BCUT2D eigenvalue weighted by Crippen LogP contribution is -2.44. The maximum absolute atomic E-state index is 12.9. The summed E-state index contributed by atoms with van der Waals surface area (Å²) in [6.07, 6.45) is 9.26. The highest BCUT2D eigenvalue weighted by Crippen LogP contribution is 2.43. The van der Waals surface area contributed by atoms with Crippen LogP contribution in [0.2, 0.25) is 0 Å². The van der Waals surface area contributed by atoms with Gasteiger partial charge in [-0.3, -0.25) is 14.3 Å². The molecule has 2 amide bonds. The van der Waals surface area contributed by atoms with E-state index in [1.54, 1.807) is 15.8 Å². The number of amides is 2. The zero-order chi connectivity index (χ0) is 18.3. The molecule has 0 aliphatic heterocycles. The molecule has 0 radical (unpaired) electrons. The molecule has 1 heterocycles. The van der Waals surface area contributed by atoms with Crippen molar-refractivity contribution in [2.45, 2.75) is 65.3 Å². The molecular weight excluding hydrogens is 316 g/mol. The lowest BCUT2D eigenvalue weighted by Gasteiger charge is -2.32. The van der Waals surface area contributed by atoms with Crippen LogP contribution in [-0.2, 0) is 16.1 Å². The number of carbonyl (C=O) groups excluding carboxylic acids is 2. The summed E-state index contributed by atoms with van der Waals surface area (Å²) in [6.45, 7) is 5.34. The monoisotopic (exact) mass is 348 g/mol. The SMILES string of the molecule is CCCCC1(C(=O)N(C)CCNC(=O)Cn2nccc2C)CCCC1. The molecular formula is C19H32N4O2. The van der Waals surface area contributed by atoms with Gasteiger partial charge in [-0.2, -0.15) is 5.10 Å². The van der Waals surface area contributed by atoms with E-state index in [1.807, 2.05) is 20.0 Å². The molecule has 6 heteroatoms. The zero-order valence-corrected chi connectivity index (χ0v) is 15.9. The summed E-state index contributed by atoms with van der Waals surface area (Å²) in [5.41, 5.74) is 0.808. The number of nitrogens with zero attached hydrogens (tertiary/aromatic N) is 3. The van der Waals surface area contributed by atoms with E-state index in [4.69, 9.17) is 0 Å². The molecule has 0 unspecified atom stereocenters. The quantitative estimate of drug-likeness (QED) is 0.746. The van der Waals surface area contributed by atoms with E-state index >= 15 is 0 Å². The third-order valence-electron chi connectivity index (χ3n) is 5.36. The highest BCUT2D eigenvalue weighted by Gasteiger charge is 2.41. The summed E-state index contributed by atoms with van der Waals surface area (Å²) in [7, 11) is 1.86. The Balaban J connectivity index is 1.78. The molecule has 0 saturated heterocycles. The number of unbranched alkanes of at least 4 members (excludes halogenated alkanes) is 1. The summed E-state index contributed by atoms with van der Waals surface area (Å²) >= 11 is 0. The Hall–Kier alpha value is -1.85. The highest BCUT2D eigenvalue weighted by atomic mass is 16.2. The summed E-state index contributed by atoms with van der Waals surface area (Å²) in [4.78, 5) is 26.8. The van der Waals surface area contributed by atoms with Crippen molar-refractivity contribution in [3.05, 3.63) is 18.0 Å². The minimum atomic E-state index is -0.152. The predicted molar refractivity (Wildman–Crippen MR) is 98.0 cm³/mol. The van der Waals surface area contributed by atoms with E-state index in [9.17, 15) is 9.59 Å². The normalized spacial score (nSPS) is 16.0. The molecule has 6 nitrogen and oxygen atoms in total. The van der Waals surface area contributed by atoms with Gasteiger partial charge in [0.05, 0.1) is 0 Å². The number of carbonyl (C=O) groups is 2. The molecule has 1 N–H and O–H groups in total. The van der Waals surface area contributed by atoms with Crippen molar-refractivity contribution in [1.82, 2.24) is 20.0 Å². The largest absolute Gasteiger partial charge is 0.353 e. The smallest absolute Gasteiger partial charge is 0.241 e. The Bertz CT molecular complexity index is 576. The van der Waals surface area contributed by atoms with Crippen LogP contribution >= 0.6 is 0 Å².